The van der Waals surface area contributed by atoms with Gasteiger partial charge in [0.2, 0.25) is 0 Å². The molecule has 1 aromatic carbocycles. The van der Waals surface area contributed by atoms with Gasteiger partial charge in [0.1, 0.15) is 10.0 Å². The average molecular weight is 298 g/mol. The molecule has 0 saturated carbocycles. The molecule has 0 aliphatic rings. The van der Waals surface area contributed by atoms with Gasteiger partial charge < -0.3 is 5.32 Å². The summed E-state index contributed by atoms with van der Waals surface area (Å²) < 4.78 is 1.12. The van der Waals surface area contributed by atoms with Crippen LogP contribution in [0.1, 0.15) is 10.6 Å². The highest BCUT2D eigenvalue weighted by Crippen LogP contribution is 2.27. The summed E-state index contributed by atoms with van der Waals surface area (Å²) in [6, 6.07) is 6.22. The van der Waals surface area contributed by atoms with Gasteiger partial charge in [0, 0.05) is 16.6 Å². The second-order valence-corrected chi connectivity index (χ2v) is 5.41. The Morgan fingerprint density at radius 1 is 1.38 bits per heavy atom. The van der Waals surface area contributed by atoms with Gasteiger partial charge in [-0.05, 0) is 31.7 Å². The maximum Gasteiger partial charge on any atom is 0.147 e. The molecule has 0 unspecified atom stereocenters. The molecule has 84 valence electrons. The summed E-state index contributed by atoms with van der Waals surface area (Å²) in [5, 5.41) is 13.4. The van der Waals surface area contributed by atoms with Gasteiger partial charge in [0.15, 0.2) is 0 Å². The normalized spacial score (nSPS) is 10.7. The van der Waals surface area contributed by atoms with E-state index in [1.54, 1.807) is 11.3 Å². The van der Waals surface area contributed by atoms with Gasteiger partial charge in [-0.3, -0.25) is 0 Å². The fourth-order valence-corrected chi connectivity index (χ4v) is 2.47. The molecular formula is C11H12BrN3S. The van der Waals surface area contributed by atoms with Crippen LogP contribution < -0.4 is 5.32 Å². The van der Waals surface area contributed by atoms with Gasteiger partial charge in [-0.25, -0.2) is 0 Å². The van der Waals surface area contributed by atoms with E-state index in [1.807, 2.05) is 13.1 Å². The van der Waals surface area contributed by atoms with E-state index in [-0.39, 0.29) is 0 Å². The van der Waals surface area contributed by atoms with Crippen molar-refractivity contribution in [3.05, 3.63) is 33.2 Å². The van der Waals surface area contributed by atoms with Crippen molar-refractivity contribution >= 4 is 27.3 Å². The van der Waals surface area contributed by atoms with E-state index in [2.05, 4.69) is 50.5 Å². The minimum Gasteiger partial charge on any atom is -0.313 e. The second kappa shape index (κ2) is 5.03. The molecule has 0 fully saturated rings. The maximum absolute atomic E-state index is 4.19. The van der Waals surface area contributed by atoms with E-state index in [0.29, 0.717) is 0 Å². The third kappa shape index (κ3) is 2.48. The number of halogens is 1. The summed E-state index contributed by atoms with van der Waals surface area (Å²) in [6.45, 7) is 2.84. The van der Waals surface area contributed by atoms with E-state index in [9.17, 15) is 0 Å². The first-order valence-electron chi connectivity index (χ1n) is 4.94. The molecule has 1 aromatic heterocycles. The molecule has 16 heavy (non-hydrogen) atoms. The van der Waals surface area contributed by atoms with E-state index in [4.69, 9.17) is 0 Å². The lowest BCUT2D eigenvalue weighted by Crippen LogP contribution is -2.04. The SMILES string of the molecule is CNCc1nnc(-c2ccc(Br)c(C)c2)s1. The standard InChI is InChI=1S/C11H12BrN3S/c1-7-5-8(3-4-9(7)12)11-15-14-10(16-11)6-13-2/h3-5,13H,6H2,1-2H3. The van der Waals surface area contributed by atoms with Crippen LogP contribution in [0.3, 0.4) is 0 Å². The highest BCUT2D eigenvalue weighted by molar-refractivity contribution is 9.10. The quantitative estimate of drug-likeness (QED) is 0.946. The van der Waals surface area contributed by atoms with Crippen molar-refractivity contribution in [2.45, 2.75) is 13.5 Å². The Labute approximate surface area is 107 Å². The van der Waals surface area contributed by atoms with Crippen LogP contribution in [0.15, 0.2) is 22.7 Å². The zero-order chi connectivity index (χ0) is 11.5. The van der Waals surface area contributed by atoms with Crippen molar-refractivity contribution in [1.29, 1.82) is 0 Å². The Morgan fingerprint density at radius 3 is 2.88 bits per heavy atom. The number of hydrogen-bond donors (Lipinski definition) is 1. The van der Waals surface area contributed by atoms with Crippen LogP contribution in [0.2, 0.25) is 0 Å². The minimum atomic E-state index is 0.771. The van der Waals surface area contributed by atoms with Crippen LogP contribution in [0.5, 0.6) is 0 Å². The van der Waals surface area contributed by atoms with Crippen LogP contribution in [0, 0.1) is 6.92 Å². The molecule has 5 heteroatoms. The largest absolute Gasteiger partial charge is 0.313 e. The molecule has 2 aromatic rings. The van der Waals surface area contributed by atoms with Crippen LogP contribution in [-0.4, -0.2) is 17.2 Å². The molecule has 3 nitrogen and oxygen atoms in total. The van der Waals surface area contributed by atoms with E-state index in [1.165, 1.54) is 5.56 Å². The summed E-state index contributed by atoms with van der Waals surface area (Å²) in [6.07, 6.45) is 0. The number of hydrogen-bond acceptors (Lipinski definition) is 4. The molecule has 0 radical (unpaired) electrons. The smallest absolute Gasteiger partial charge is 0.147 e. The number of benzene rings is 1. The Hall–Kier alpha value is -0.780. The second-order valence-electron chi connectivity index (χ2n) is 3.50. The molecule has 0 spiro atoms. The lowest BCUT2D eigenvalue weighted by Gasteiger charge is -1.99. The van der Waals surface area contributed by atoms with Crippen molar-refractivity contribution in [3.8, 4) is 10.6 Å². The Morgan fingerprint density at radius 2 is 2.19 bits per heavy atom. The number of nitrogens with one attached hydrogen (secondary N) is 1. The first-order valence-corrected chi connectivity index (χ1v) is 6.55. The first kappa shape index (κ1) is 11.7. The van der Waals surface area contributed by atoms with Crippen LogP contribution >= 0.6 is 27.3 Å². The number of aryl methyl sites for hydroxylation is 1. The van der Waals surface area contributed by atoms with Crippen molar-refractivity contribution in [1.82, 2.24) is 15.5 Å². The van der Waals surface area contributed by atoms with Gasteiger partial charge in [-0.2, -0.15) is 0 Å². The molecule has 0 amide bonds. The van der Waals surface area contributed by atoms with Crippen molar-refractivity contribution < 1.29 is 0 Å². The maximum atomic E-state index is 4.19. The van der Waals surface area contributed by atoms with Crippen LogP contribution in [0.4, 0.5) is 0 Å². The summed E-state index contributed by atoms with van der Waals surface area (Å²) in [5.41, 5.74) is 2.34. The molecule has 0 atom stereocenters. The van der Waals surface area contributed by atoms with Gasteiger partial charge >= 0.3 is 0 Å². The van der Waals surface area contributed by atoms with Gasteiger partial charge in [0.05, 0.1) is 0 Å². The average Bonchev–Trinajstić information content (AvgIpc) is 2.71. The Bertz CT molecular complexity index is 496. The van der Waals surface area contributed by atoms with Crippen molar-refractivity contribution in [2.75, 3.05) is 7.05 Å². The number of rotatable bonds is 3. The topological polar surface area (TPSA) is 37.8 Å². The van der Waals surface area contributed by atoms with E-state index in [0.717, 1.165) is 26.6 Å². The number of nitrogens with zero attached hydrogens (tertiary/aromatic N) is 2. The zero-order valence-corrected chi connectivity index (χ0v) is 11.5. The highest BCUT2D eigenvalue weighted by atomic mass is 79.9. The zero-order valence-electron chi connectivity index (χ0n) is 9.12. The molecule has 2 rings (SSSR count). The van der Waals surface area contributed by atoms with Crippen LogP contribution in [0.25, 0.3) is 10.6 Å². The predicted molar refractivity (Wildman–Crippen MR) is 70.5 cm³/mol. The van der Waals surface area contributed by atoms with Crippen LogP contribution in [-0.2, 0) is 6.54 Å². The fraction of sp³-hybridized carbons (Fsp3) is 0.273. The molecule has 0 bridgehead atoms. The first-order chi connectivity index (χ1) is 7.70. The molecule has 0 aliphatic heterocycles. The summed E-state index contributed by atoms with van der Waals surface area (Å²) in [7, 11) is 1.91. The van der Waals surface area contributed by atoms with Gasteiger partial charge in [-0.15, -0.1) is 10.2 Å². The third-order valence-corrected chi connectivity index (χ3v) is 4.06. The van der Waals surface area contributed by atoms with Crippen molar-refractivity contribution in [2.24, 2.45) is 0 Å². The lowest BCUT2D eigenvalue weighted by atomic mass is 10.1. The predicted octanol–water partition coefficient (Wildman–Crippen LogP) is 3.00. The summed E-state index contributed by atoms with van der Waals surface area (Å²) in [4.78, 5) is 0. The monoisotopic (exact) mass is 297 g/mol. The molecular weight excluding hydrogens is 286 g/mol. The van der Waals surface area contributed by atoms with Gasteiger partial charge in [0.25, 0.3) is 0 Å². The third-order valence-electron chi connectivity index (χ3n) is 2.20. The lowest BCUT2D eigenvalue weighted by molar-refractivity contribution is 0.795. The Kier molecular flexibility index (Phi) is 3.68. The van der Waals surface area contributed by atoms with E-state index >= 15 is 0 Å². The van der Waals surface area contributed by atoms with Gasteiger partial charge in [-0.1, -0.05) is 33.3 Å². The fourth-order valence-electron chi connectivity index (χ4n) is 1.37. The molecule has 0 aliphatic carbocycles. The molecule has 1 heterocycles. The summed E-state index contributed by atoms with van der Waals surface area (Å²) >= 11 is 5.11. The summed E-state index contributed by atoms with van der Waals surface area (Å²) in [5.74, 6) is 0. The minimum absolute atomic E-state index is 0.771. The molecule has 1 N–H and O–H groups in total. The Balaban J connectivity index is 2.31. The van der Waals surface area contributed by atoms with E-state index < -0.39 is 0 Å². The number of aromatic nitrogens is 2. The highest BCUT2D eigenvalue weighted by Gasteiger charge is 2.06. The molecule has 0 saturated heterocycles. The van der Waals surface area contributed by atoms with Crippen molar-refractivity contribution in [3.63, 3.8) is 0 Å².